The van der Waals surface area contributed by atoms with Crippen molar-refractivity contribution in [2.45, 2.75) is 20.3 Å². The SMILES string of the molecule is CCCP(=O)(O)CC(C)C(=O)O. The third-order valence-electron chi connectivity index (χ3n) is 1.55. The maximum atomic E-state index is 11.2. The van der Waals surface area contributed by atoms with Gasteiger partial charge >= 0.3 is 5.97 Å². The van der Waals surface area contributed by atoms with Gasteiger partial charge in [0, 0.05) is 12.3 Å². The Kier molecular flexibility index (Phi) is 4.50. The minimum absolute atomic E-state index is 0.115. The summed E-state index contributed by atoms with van der Waals surface area (Å²) in [6.45, 7) is 3.25. The summed E-state index contributed by atoms with van der Waals surface area (Å²) in [6, 6.07) is 0. The zero-order valence-corrected chi connectivity index (χ0v) is 8.25. The van der Waals surface area contributed by atoms with Gasteiger partial charge in [-0.3, -0.25) is 9.36 Å². The highest BCUT2D eigenvalue weighted by molar-refractivity contribution is 7.58. The second-order valence-electron chi connectivity index (χ2n) is 2.99. The van der Waals surface area contributed by atoms with Gasteiger partial charge in [0.15, 0.2) is 0 Å². The first kappa shape index (κ1) is 11.7. The Morgan fingerprint density at radius 3 is 2.42 bits per heavy atom. The van der Waals surface area contributed by atoms with E-state index in [2.05, 4.69) is 0 Å². The molecule has 0 bridgehead atoms. The van der Waals surface area contributed by atoms with Crippen LogP contribution in [0.15, 0.2) is 0 Å². The Hall–Kier alpha value is -0.340. The highest BCUT2D eigenvalue weighted by Crippen LogP contribution is 2.42. The van der Waals surface area contributed by atoms with Crippen LogP contribution in [-0.4, -0.2) is 28.3 Å². The van der Waals surface area contributed by atoms with Gasteiger partial charge in [-0.05, 0) is 6.42 Å². The smallest absolute Gasteiger partial charge is 0.306 e. The molecule has 0 aromatic rings. The van der Waals surface area contributed by atoms with E-state index in [-0.39, 0.29) is 12.3 Å². The fourth-order valence-corrected chi connectivity index (χ4v) is 2.84. The van der Waals surface area contributed by atoms with E-state index in [4.69, 9.17) is 5.11 Å². The minimum atomic E-state index is -3.18. The highest BCUT2D eigenvalue weighted by Gasteiger charge is 2.24. The number of hydrogen-bond acceptors (Lipinski definition) is 2. The monoisotopic (exact) mass is 194 g/mol. The Morgan fingerprint density at radius 2 is 2.08 bits per heavy atom. The molecule has 0 aliphatic heterocycles. The molecule has 4 nitrogen and oxygen atoms in total. The van der Waals surface area contributed by atoms with Crippen LogP contribution in [0.1, 0.15) is 20.3 Å². The zero-order valence-electron chi connectivity index (χ0n) is 7.36. The van der Waals surface area contributed by atoms with Crippen LogP contribution in [-0.2, 0) is 9.36 Å². The quantitative estimate of drug-likeness (QED) is 0.648. The summed E-state index contributed by atoms with van der Waals surface area (Å²) in [7, 11) is -3.18. The summed E-state index contributed by atoms with van der Waals surface area (Å²) < 4.78 is 11.2. The standard InChI is InChI=1S/C7H15O4P/c1-3-4-12(10,11)5-6(2)7(8)9/h6H,3-5H2,1-2H3,(H,8,9)(H,10,11). The molecule has 0 aliphatic carbocycles. The predicted octanol–water partition coefficient (Wildman–Crippen LogP) is 1.39. The minimum Gasteiger partial charge on any atom is -0.481 e. The lowest BCUT2D eigenvalue weighted by molar-refractivity contribution is -0.140. The van der Waals surface area contributed by atoms with Gasteiger partial charge in [-0.2, -0.15) is 0 Å². The summed E-state index contributed by atoms with van der Waals surface area (Å²) in [5.74, 6) is -1.74. The van der Waals surface area contributed by atoms with Gasteiger partial charge in [0.1, 0.15) is 0 Å². The molecule has 0 aromatic heterocycles. The lowest BCUT2D eigenvalue weighted by Crippen LogP contribution is -2.14. The van der Waals surface area contributed by atoms with Crippen molar-refractivity contribution < 1.29 is 19.4 Å². The number of hydrogen-bond donors (Lipinski definition) is 2. The van der Waals surface area contributed by atoms with Gasteiger partial charge < -0.3 is 10.00 Å². The van der Waals surface area contributed by atoms with E-state index < -0.39 is 19.3 Å². The lowest BCUT2D eigenvalue weighted by Gasteiger charge is -2.12. The van der Waals surface area contributed by atoms with E-state index in [0.717, 1.165) is 0 Å². The van der Waals surface area contributed by atoms with Crippen molar-refractivity contribution in [2.24, 2.45) is 5.92 Å². The van der Waals surface area contributed by atoms with Crippen LogP contribution in [0.5, 0.6) is 0 Å². The summed E-state index contributed by atoms with van der Waals surface area (Å²) >= 11 is 0. The van der Waals surface area contributed by atoms with Crippen LogP contribution in [0.25, 0.3) is 0 Å². The van der Waals surface area contributed by atoms with Crippen molar-refractivity contribution in [3.63, 3.8) is 0 Å². The molecule has 0 rings (SSSR count). The lowest BCUT2D eigenvalue weighted by atomic mass is 10.2. The number of carboxylic acid groups (broad SMARTS) is 1. The van der Waals surface area contributed by atoms with Crippen molar-refractivity contribution >= 4 is 13.3 Å². The number of carbonyl (C=O) groups is 1. The predicted molar refractivity (Wildman–Crippen MR) is 46.7 cm³/mol. The molecule has 12 heavy (non-hydrogen) atoms. The summed E-state index contributed by atoms with van der Waals surface area (Å²) in [5.41, 5.74) is 0. The normalized spacial score (nSPS) is 18.2. The molecule has 0 aliphatic rings. The molecule has 0 saturated heterocycles. The Bertz CT molecular complexity index is 202. The molecular formula is C7H15O4P. The van der Waals surface area contributed by atoms with E-state index in [1.807, 2.05) is 0 Å². The van der Waals surface area contributed by atoms with Crippen molar-refractivity contribution in [3.05, 3.63) is 0 Å². The van der Waals surface area contributed by atoms with E-state index in [9.17, 15) is 14.3 Å². The molecule has 72 valence electrons. The molecule has 0 amide bonds. The second-order valence-corrected chi connectivity index (χ2v) is 5.50. The maximum Gasteiger partial charge on any atom is 0.306 e. The third-order valence-corrected chi connectivity index (χ3v) is 3.82. The number of carboxylic acids is 1. The summed E-state index contributed by atoms with van der Waals surface area (Å²) in [6.07, 6.45) is 0.709. The topological polar surface area (TPSA) is 74.6 Å². The van der Waals surface area contributed by atoms with Gasteiger partial charge in [0.05, 0.1) is 5.92 Å². The average molecular weight is 194 g/mol. The molecule has 0 aromatic carbocycles. The van der Waals surface area contributed by atoms with Crippen LogP contribution < -0.4 is 0 Å². The Balaban J connectivity index is 4.05. The molecule has 0 saturated carbocycles. The van der Waals surface area contributed by atoms with Crippen molar-refractivity contribution in [2.75, 3.05) is 12.3 Å². The molecule has 0 spiro atoms. The van der Waals surface area contributed by atoms with Crippen molar-refractivity contribution in [1.29, 1.82) is 0 Å². The number of rotatable bonds is 5. The van der Waals surface area contributed by atoms with Gasteiger partial charge in [0.2, 0.25) is 7.37 Å². The molecule has 2 unspecified atom stereocenters. The van der Waals surface area contributed by atoms with Gasteiger partial charge in [-0.25, -0.2) is 0 Å². The van der Waals surface area contributed by atoms with Crippen molar-refractivity contribution in [1.82, 2.24) is 0 Å². The second kappa shape index (κ2) is 4.63. The van der Waals surface area contributed by atoms with E-state index in [1.54, 1.807) is 6.92 Å². The number of aliphatic carboxylic acids is 1. The molecule has 0 radical (unpaired) electrons. The highest BCUT2D eigenvalue weighted by atomic mass is 31.2. The van der Waals surface area contributed by atoms with Crippen LogP contribution in [0.2, 0.25) is 0 Å². The maximum absolute atomic E-state index is 11.2. The van der Waals surface area contributed by atoms with Crippen LogP contribution in [0, 0.1) is 5.92 Å². The third kappa shape index (κ3) is 4.52. The van der Waals surface area contributed by atoms with E-state index in [0.29, 0.717) is 6.42 Å². The molecular weight excluding hydrogens is 179 g/mol. The molecule has 2 N–H and O–H groups in total. The van der Waals surface area contributed by atoms with Crippen LogP contribution in [0.3, 0.4) is 0 Å². The van der Waals surface area contributed by atoms with Gasteiger partial charge in [0.25, 0.3) is 0 Å². The molecule has 2 atom stereocenters. The van der Waals surface area contributed by atoms with E-state index in [1.165, 1.54) is 6.92 Å². The molecule has 5 heteroatoms. The first-order valence-corrected chi connectivity index (χ1v) is 5.95. The fourth-order valence-electron chi connectivity index (χ4n) is 0.947. The summed E-state index contributed by atoms with van der Waals surface area (Å²) in [4.78, 5) is 19.6. The van der Waals surface area contributed by atoms with Crippen LogP contribution >= 0.6 is 7.37 Å². The van der Waals surface area contributed by atoms with Crippen LogP contribution in [0.4, 0.5) is 0 Å². The largest absolute Gasteiger partial charge is 0.481 e. The first-order chi connectivity index (χ1) is 5.39. The van der Waals surface area contributed by atoms with Gasteiger partial charge in [-0.1, -0.05) is 13.8 Å². The Morgan fingerprint density at radius 1 is 1.58 bits per heavy atom. The van der Waals surface area contributed by atoms with E-state index >= 15 is 0 Å². The zero-order chi connectivity index (χ0) is 9.78. The first-order valence-electron chi connectivity index (χ1n) is 3.92. The summed E-state index contributed by atoms with van der Waals surface area (Å²) in [5, 5.41) is 8.48. The van der Waals surface area contributed by atoms with Crippen molar-refractivity contribution in [3.8, 4) is 0 Å². The van der Waals surface area contributed by atoms with Gasteiger partial charge in [-0.15, -0.1) is 0 Å². The molecule has 0 heterocycles. The fraction of sp³-hybridized carbons (Fsp3) is 0.857. The molecule has 0 fully saturated rings. The average Bonchev–Trinajstić information content (AvgIpc) is 1.85. The Labute approximate surface area is 72.1 Å².